The van der Waals surface area contributed by atoms with Gasteiger partial charge in [-0.1, -0.05) is 39.9 Å². The van der Waals surface area contributed by atoms with Crippen molar-refractivity contribution < 1.29 is 21.5 Å². The maximum absolute atomic E-state index is 5.64. The number of benzene rings is 1. The molecule has 7 heteroatoms. The summed E-state index contributed by atoms with van der Waals surface area (Å²) in [6.45, 7) is 2.74. The average Bonchev–Trinajstić information content (AvgIpc) is 2.81. The van der Waals surface area contributed by atoms with Gasteiger partial charge in [-0.2, -0.15) is 0 Å². The van der Waals surface area contributed by atoms with Crippen LogP contribution in [0.4, 0.5) is 5.13 Å². The van der Waals surface area contributed by atoms with Crippen molar-refractivity contribution in [2.75, 3.05) is 5.73 Å². The first-order chi connectivity index (χ1) is 8.24. The van der Waals surface area contributed by atoms with Gasteiger partial charge in [0, 0.05) is 6.92 Å². The number of rotatable bonds is 2. The van der Waals surface area contributed by atoms with Crippen LogP contribution in [0, 0.1) is 6.92 Å². The lowest BCUT2D eigenvalue weighted by Gasteiger charge is -1.95. The smallest absolute Gasteiger partial charge is 0.386 e. The van der Waals surface area contributed by atoms with Crippen LogP contribution in [0.2, 0.25) is 0 Å². The number of aromatic nitrogens is 4. The zero-order chi connectivity index (χ0) is 11.8. The molecule has 0 aliphatic carbocycles. The van der Waals surface area contributed by atoms with E-state index in [0.717, 1.165) is 17.3 Å². The number of anilines is 1. The Bertz CT molecular complexity index is 661. The molecule has 0 bridgehead atoms. The number of hydrogen-bond donors (Lipinski definition) is 1. The third-order valence-corrected chi connectivity index (χ3v) is 3.37. The highest BCUT2D eigenvalue weighted by Crippen LogP contribution is 2.11. The second-order valence-corrected chi connectivity index (χ2v) is 4.81. The number of halogens is 1. The molecular weight excluding hydrogens is 314 g/mol. The summed E-state index contributed by atoms with van der Waals surface area (Å²) in [5.41, 5.74) is 6.87. The summed E-state index contributed by atoms with van der Waals surface area (Å²) in [5.74, 6) is 0.983. The van der Waals surface area contributed by atoms with Crippen molar-refractivity contribution in [3.8, 4) is 0 Å². The number of nitrogens with two attached hydrogens (primary N) is 1. The summed E-state index contributed by atoms with van der Waals surface area (Å²) in [6, 6.07) is 10.2. The van der Waals surface area contributed by atoms with E-state index in [2.05, 4.69) is 22.3 Å². The number of nitrogens with zero attached hydrogens (tertiary/aromatic N) is 4. The van der Waals surface area contributed by atoms with Gasteiger partial charge >= 0.3 is 4.96 Å². The van der Waals surface area contributed by atoms with Crippen molar-refractivity contribution in [1.29, 1.82) is 0 Å². The molecule has 0 fully saturated rings. The Morgan fingerprint density at radius 3 is 2.72 bits per heavy atom. The Balaban J connectivity index is 0.00000120. The van der Waals surface area contributed by atoms with Gasteiger partial charge in [-0.05, 0) is 16.9 Å². The van der Waals surface area contributed by atoms with Crippen LogP contribution < -0.4 is 27.2 Å². The van der Waals surface area contributed by atoms with Crippen molar-refractivity contribution in [2.24, 2.45) is 0 Å². The minimum absolute atomic E-state index is 0. The summed E-state index contributed by atoms with van der Waals surface area (Å²) in [5, 5.41) is 9.23. The maximum atomic E-state index is 5.64. The van der Waals surface area contributed by atoms with E-state index in [9.17, 15) is 0 Å². The van der Waals surface area contributed by atoms with E-state index < -0.39 is 0 Å². The molecule has 0 unspecified atom stereocenters. The van der Waals surface area contributed by atoms with Gasteiger partial charge < -0.3 is 22.7 Å². The van der Waals surface area contributed by atoms with Gasteiger partial charge in [-0.25, -0.2) is 0 Å². The van der Waals surface area contributed by atoms with Gasteiger partial charge in [0.2, 0.25) is 5.13 Å². The molecule has 2 heterocycles. The number of nitrogen functional groups attached to an aromatic ring is 1. The molecule has 2 N–H and O–H groups in total. The largest absolute Gasteiger partial charge is 1.00 e. The zero-order valence-corrected chi connectivity index (χ0v) is 12.1. The van der Waals surface area contributed by atoms with Crippen LogP contribution in [0.1, 0.15) is 11.4 Å². The van der Waals surface area contributed by atoms with E-state index in [-0.39, 0.29) is 17.0 Å². The van der Waals surface area contributed by atoms with Gasteiger partial charge in [0.15, 0.2) is 0 Å². The van der Waals surface area contributed by atoms with Gasteiger partial charge in [-0.15, -0.1) is 4.68 Å². The highest BCUT2D eigenvalue weighted by Gasteiger charge is 2.20. The van der Waals surface area contributed by atoms with Crippen LogP contribution in [0.15, 0.2) is 30.3 Å². The normalized spacial score (nSPS) is 10.5. The van der Waals surface area contributed by atoms with E-state index in [1.165, 1.54) is 16.9 Å². The molecular formula is C11H12BrN5S. The second-order valence-electron chi connectivity index (χ2n) is 3.83. The zero-order valence-electron chi connectivity index (χ0n) is 9.75. The molecule has 0 spiro atoms. The third-order valence-electron chi connectivity index (χ3n) is 2.64. The van der Waals surface area contributed by atoms with E-state index in [0.29, 0.717) is 5.13 Å². The van der Waals surface area contributed by atoms with E-state index in [1.54, 1.807) is 4.52 Å². The van der Waals surface area contributed by atoms with E-state index in [1.807, 2.05) is 29.8 Å². The summed E-state index contributed by atoms with van der Waals surface area (Å²) in [4.78, 5) is 0.830. The number of hydrogen-bond acceptors (Lipinski definition) is 4. The van der Waals surface area contributed by atoms with Crippen molar-refractivity contribution in [1.82, 2.24) is 14.9 Å². The lowest BCUT2D eigenvalue weighted by atomic mass is 10.2. The quantitative estimate of drug-likeness (QED) is 0.556. The molecule has 0 aliphatic rings. The average molecular weight is 326 g/mol. The summed E-state index contributed by atoms with van der Waals surface area (Å²) >= 11 is 1.40. The van der Waals surface area contributed by atoms with Crippen LogP contribution in [0.25, 0.3) is 4.96 Å². The molecule has 1 aromatic carbocycles. The summed E-state index contributed by atoms with van der Waals surface area (Å²) < 4.78 is 3.72. The predicted octanol–water partition coefficient (Wildman–Crippen LogP) is -1.98. The molecule has 0 saturated heterocycles. The Morgan fingerprint density at radius 1 is 1.33 bits per heavy atom. The third kappa shape index (κ3) is 2.23. The molecule has 0 radical (unpaired) electrons. The van der Waals surface area contributed by atoms with E-state index >= 15 is 0 Å². The molecule has 18 heavy (non-hydrogen) atoms. The van der Waals surface area contributed by atoms with Crippen molar-refractivity contribution in [3.05, 3.63) is 41.7 Å². The molecule has 3 aromatic rings. The summed E-state index contributed by atoms with van der Waals surface area (Å²) in [6.07, 6.45) is 0. The van der Waals surface area contributed by atoms with Crippen molar-refractivity contribution in [2.45, 2.75) is 13.5 Å². The molecule has 0 atom stereocenters. The van der Waals surface area contributed by atoms with Gasteiger partial charge in [-0.3, -0.25) is 0 Å². The van der Waals surface area contributed by atoms with Gasteiger partial charge in [0.05, 0.1) is 5.10 Å². The molecule has 5 nitrogen and oxygen atoms in total. The minimum Gasteiger partial charge on any atom is -1.00 e. The SMILES string of the molecule is Cc1n(Cc2ccccc2)nc2sc(N)n[n+]12.[Br-]. The number of fused-ring (bicyclic) bond motifs is 1. The fourth-order valence-electron chi connectivity index (χ4n) is 1.76. The molecule has 3 rings (SSSR count). The monoisotopic (exact) mass is 325 g/mol. The first-order valence-corrected chi connectivity index (χ1v) is 6.11. The Morgan fingerprint density at radius 2 is 2.06 bits per heavy atom. The highest BCUT2D eigenvalue weighted by molar-refractivity contribution is 7.19. The Kier molecular flexibility index (Phi) is 3.63. The predicted molar refractivity (Wildman–Crippen MR) is 65.8 cm³/mol. The van der Waals surface area contributed by atoms with Crippen LogP contribution in [-0.2, 0) is 6.54 Å². The lowest BCUT2D eigenvalue weighted by molar-refractivity contribution is -0.582. The van der Waals surface area contributed by atoms with Crippen LogP contribution in [-0.4, -0.2) is 14.9 Å². The molecule has 94 valence electrons. The number of aryl methyl sites for hydroxylation is 1. The van der Waals surface area contributed by atoms with Crippen LogP contribution >= 0.6 is 11.3 Å². The maximum Gasteiger partial charge on any atom is 0.386 e. The lowest BCUT2D eigenvalue weighted by Crippen LogP contribution is -3.00. The van der Waals surface area contributed by atoms with Crippen molar-refractivity contribution in [3.63, 3.8) is 0 Å². The Labute approximate surface area is 119 Å². The second kappa shape index (κ2) is 5.03. The topological polar surface area (TPSA) is 60.8 Å². The minimum atomic E-state index is 0. The highest BCUT2D eigenvalue weighted by atomic mass is 79.9. The van der Waals surface area contributed by atoms with E-state index in [4.69, 9.17) is 5.73 Å². The summed E-state index contributed by atoms with van der Waals surface area (Å²) in [7, 11) is 0. The molecule has 0 saturated carbocycles. The molecule has 0 aliphatic heterocycles. The van der Waals surface area contributed by atoms with Gasteiger partial charge in [0.25, 0.3) is 5.82 Å². The Hall–Kier alpha value is -1.47. The standard InChI is InChI=1S/C11H12N5S.BrH/c1-8-15(7-9-5-3-2-4-6-9)14-11-16(8)13-10(12)17-11;/h2-6H,7H2,1H3,(H2,12,13);1H/q+1;/p-1. The first-order valence-electron chi connectivity index (χ1n) is 5.30. The fraction of sp³-hybridized carbons (Fsp3) is 0.182. The fourth-order valence-corrected chi connectivity index (χ4v) is 2.47. The molecule has 0 amide bonds. The first kappa shape index (κ1) is 13.0. The molecule has 2 aromatic heterocycles. The van der Waals surface area contributed by atoms with Crippen LogP contribution in [0.5, 0.6) is 0 Å². The van der Waals surface area contributed by atoms with Crippen LogP contribution in [0.3, 0.4) is 0 Å². The van der Waals surface area contributed by atoms with Gasteiger partial charge in [0.1, 0.15) is 6.54 Å². The van der Waals surface area contributed by atoms with Crippen molar-refractivity contribution >= 4 is 21.4 Å².